The molecule has 11 heavy (non-hydrogen) atoms. The van der Waals surface area contributed by atoms with E-state index in [-0.39, 0.29) is 10.6 Å². The van der Waals surface area contributed by atoms with Crippen LogP contribution in [0.1, 0.15) is 0 Å². The second kappa shape index (κ2) is 2.52. The highest BCUT2D eigenvalue weighted by Gasteiger charge is 2.11. The summed E-state index contributed by atoms with van der Waals surface area (Å²) in [6, 6.07) is 5.44. The van der Waals surface area contributed by atoms with Gasteiger partial charge in [-0.25, -0.2) is 0 Å². The van der Waals surface area contributed by atoms with Gasteiger partial charge in [0.2, 0.25) is 0 Å². The highest BCUT2D eigenvalue weighted by Crippen LogP contribution is 2.17. The molecule has 0 spiro atoms. The minimum atomic E-state index is -4.22. The topological polar surface area (TPSA) is 78.2 Å². The van der Waals surface area contributed by atoms with Gasteiger partial charge in [-0.15, -0.1) is 0 Å². The Morgan fingerprint density at radius 1 is 1.27 bits per heavy atom. The number of nitrogens with one attached hydrogen (secondary N) is 1. The van der Waals surface area contributed by atoms with E-state index in [0.717, 1.165) is 0 Å². The SMILES string of the molecule is [NH]c1ccccc1S(=O)(=O)O. The van der Waals surface area contributed by atoms with Crippen LogP contribution >= 0.6 is 0 Å². The van der Waals surface area contributed by atoms with Gasteiger partial charge in [0.15, 0.2) is 0 Å². The van der Waals surface area contributed by atoms with Crippen LogP contribution in [0, 0.1) is 0 Å². The quantitative estimate of drug-likeness (QED) is 0.638. The van der Waals surface area contributed by atoms with Crippen molar-refractivity contribution >= 4 is 15.8 Å². The lowest BCUT2D eigenvalue weighted by Crippen LogP contribution is -1.98. The standard InChI is InChI=1S/C6H6NO3S/c7-5-3-1-2-4-6(5)11(8,9)10/h1-4,7H,(H,8,9,10). The number of benzene rings is 1. The van der Waals surface area contributed by atoms with Crippen LogP contribution in [-0.2, 0) is 10.1 Å². The summed E-state index contributed by atoms with van der Waals surface area (Å²) in [5, 5.41) is 0. The normalized spacial score (nSPS) is 11.4. The van der Waals surface area contributed by atoms with E-state index in [4.69, 9.17) is 10.3 Å². The Morgan fingerprint density at radius 3 is 2.18 bits per heavy atom. The summed E-state index contributed by atoms with van der Waals surface area (Å²) < 4.78 is 29.5. The van der Waals surface area contributed by atoms with Gasteiger partial charge in [-0.1, -0.05) is 12.1 Å². The van der Waals surface area contributed by atoms with Gasteiger partial charge in [-0.3, -0.25) is 10.3 Å². The first-order valence-electron chi connectivity index (χ1n) is 2.80. The molecule has 1 radical (unpaired) electrons. The van der Waals surface area contributed by atoms with E-state index < -0.39 is 10.1 Å². The molecule has 1 aromatic carbocycles. The molecule has 2 N–H and O–H groups in total. The van der Waals surface area contributed by atoms with Crippen molar-refractivity contribution in [1.82, 2.24) is 5.73 Å². The third kappa shape index (κ3) is 1.69. The van der Waals surface area contributed by atoms with E-state index in [2.05, 4.69) is 0 Å². The van der Waals surface area contributed by atoms with E-state index in [9.17, 15) is 8.42 Å². The molecule has 1 rings (SSSR count). The smallest absolute Gasteiger partial charge is 0.296 e. The highest BCUT2D eigenvalue weighted by molar-refractivity contribution is 7.86. The van der Waals surface area contributed by atoms with Gasteiger partial charge < -0.3 is 0 Å². The van der Waals surface area contributed by atoms with Crippen LogP contribution < -0.4 is 5.73 Å². The lowest BCUT2D eigenvalue weighted by atomic mass is 10.3. The zero-order valence-corrected chi connectivity index (χ0v) is 6.30. The Morgan fingerprint density at radius 2 is 1.82 bits per heavy atom. The highest BCUT2D eigenvalue weighted by atomic mass is 32.2. The first-order chi connectivity index (χ1) is 5.02. The predicted octanol–water partition coefficient (Wildman–Crippen LogP) is 0.848. The van der Waals surface area contributed by atoms with E-state index in [1.54, 1.807) is 0 Å². The Hall–Kier alpha value is -1.07. The van der Waals surface area contributed by atoms with E-state index >= 15 is 0 Å². The average Bonchev–Trinajstić information content (AvgIpc) is 1.86. The molecule has 0 aliphatic carbocycles. The number of hydrogen-bond donors (Lipinski definition) is 1. The van der Waals surface area contributed by atoms with Gasteiger partial charge >= 0.3 is 0 Å². The molecule has 0 heterocycles. The monoisotopic (exact) mass is 172 g/mol. The zero-order valence-electron chi connectivity index (χ0n) is 5.48. The summed E-state index contributed by atoms with van der Waals surface area (Å²) >= 11 is 0. The molecule has 0 amide bonds. The van der Waals surface area contributed by atoms with Crippen molar-refractivity contribution in [2.45, 2.75) is 4.90 Å². The van der Waals surface area contributed by atoms with E-state index in [1.807, 2.05) is 0 Å². The van der Waals surface area contributed by atoms with Crippen LogP contribution in [0.15, 0.2) is 29.2 Å². The molecule has 0 atom stereocenters. The molecule has 0 unspecified atom stereocenters. The van der Waals surface area contributed by atoms with Gasteiger partial charge in [0.05, 0.1) is 5.69 Å². The Balaban J connectivity index is 3.37. The largest absolute Gasteiger partial charge is 0.299 e. The maximum atomic E-state index is 10.5. The summed E-state index contributed by atoms with van der Waals surface area (Å²) in [6.45, 7) is 0. The molecule has 0 saturated carbocycles. The van der Waals surface area contributed by atoms with Crippen LogP contribution in [0.4, 0.5) is 5.69 Å². The zero-order chi connectivity index (χ0) is 8.48. The second-order valence-corrected chi connectivity index (χ2v) is 3.36. The molecule has 0 aliphatic rings. The fourth-order valence-electron chi connectivity index (χ4n) is 0.692. The Labute approximate surface area is 64.4 Å². The molecule has 5 heteroatoms. The van der Waals surface area contributed by atoms with Gasteiger partial charge in [-0.2, -0.15) is 8.42 Å². The maximum absolute atomic E-state index is 10.5. The van der Waals surface area contributed by atoms with Gasteiger partial charge in [0, 0.05) is 0 Å². The molecule has 1 aromatic rings. The van der Waals surface area contributed by atoms with Gasteiger partial charge in [0.25, 0.3) is 10.1 Å². The molecular formula is C6H6NO3S. The van der Waals surface area contributed by atoms with E-state index in [0.29, 0.717) is 0 Å². The summed E-state index contributed by atoms with van der Waals surface area (Å²) in [6.07, 6.45) is 0. The molecule has 0 aliphatic heterocycles. The molecule has 0 aromatic heterocycles. The van der Waals surface area contributed by atoms with Crippen LogP contribution in [-0.4, -0.2) is 13.0 Å². The van der Waals surface area contributed by atoms with Crippen molar-refractivity contribution in [3.05, 3.63) is 24.3 Å². The summed E-state index contributed by atoms with van der Waals surface area (Å²) in [5.74, 6) is 0. The minimum absolute atomic E-state index is 0.199. The minimum Gasteiger partial charge on any atom is -0.299 e. The Bertz CT molecular complexity index is 358. The molecule has 0 saturated heterocycles. The molecule has 59 valence electrons. The molecule has 0 fully saturated rings. The predicted molar refractivity (Wildman–Crippen MR) is 39.0 cm³/mol. The number of hydrogen-bond acceptors (Lipinski definition) is 2. The third-order valence-electron chi connectivity index (χ3n) is 1.16. The van der Waals surface area contributed by atoms with Crippen LogP contribution in [0.3, 0.4) is 0 Å². The average molecular weight is 172 g/mol. The molecule has 0 bridgehead atoms. The molecule has 4 nitrogen and oxygen atoms in total. The van der Waals surface area contributed by atoms with Crippen molar-refractivity contribution in [3.8, 4) is 0 Å². The Kier molecular flexibility index (Phi) is 1.84. The second-order valence-electron chi connectivity index (χ2n) is 1.97. The van der Waals surface area contributed by atoms with Crippen molar-refractivity contribution in [3.63, 3.8) is 0 Å². The lowest BCUT2D eigenvalue weighted by Gasteiger charge is -1.97. The van der Waals surface area contributed by atoms with Crippen molar-refractivity contribution in [1.29, 1.82) is 0 Å². The van der Waals surface area contributed by atoms with Crippen LogP contribution in [0.25, 0.3) is 0 Å². The van der Waals surface area contributed by atoms with Crippen molar-refractivity contribution < 1.29 is 13.0 Å². The first-order valence-corrected chi connectivity index (χ1v) is 4.24. The van der Waals surface area contributed by atoms with Crippen LogP contribution in [0.5, 0.6) is 0 Å². The van der Waals surface area contributed by atoms with Crippen molar-refractivity contribution in [2.24, 2.45) is 0 Å². The maximum Gasteiger partial charge on any atom is 0.296 e. The fourth-order valence-corrected chi connectivity index (χ4v) is 1.29. The van der Waals surface area contributed by atoms with E-state index in [1.165, 1.54) is 24.3 Å². The van der Waals surface area contributed by atoms with Crippen molar-refractivity contribution in [2.75, 3.05) is 0 Å². The first kappa shape index (κ1) is 8.03. The number of rotatable bonds is 1. The van der Waals surface area contributed by atoms with Gasteiger partial charge in [0.1, 0.15) is 4.90 Å². The summed E-state index contributed by atoms with van der Waals surface area (Å²) in [5.41, 5.74) is 6.89. The summed E-state index contributed by atoms with van der Waals surface area (Å²) in [4.78, 5) is -0.361. The molecular weight excluding hydrogens is 166 g/mol. The lowest BCUT2D eigenvalue weighted by molar-refractivity contribution is 0.483. The van der Waals surface area contributed by atoms with Gasteiger partial charge in [-0.05, 0) is 12.1 Å². The fraction of sp³-hybridized carbons (Fsp3) is 0. The van der Waals surface area contributed by atoms with Crippen LogP contribution in [0.2, 0.25) is 0 Å². The summed E-state index contributed by atoms with van der Waals surface area (Å²) in [7, 11) is -4.22. The third-order valence-corrected chi connectivity index (χ3v) is 2.08.